The van der Waals surface area contributed by atoms with Crippen LogP contribution in [-0.4, -0.2) is 20.3 Å². The predicted molar refractivity (Wildman–Crippen MR) is 83.4 cm³/mol. The highest BCUT2D eigenvalue weighted by Crippen LogP contribution is 2.14. The summed E-state index contributed by atoms with van der Waals surface area (Å²) in [5.74, 6) is 0.0342. The standard InChI is InChI=1S/C13H10IN3O4/c1-8-15-6-11(14)13(19)16(8)7-12(18)9-3-2-4-10(5-9)17(20)21/h2-6H,7H2,1H3. The second-order valence-electron chi connectivity index (χ2n) is 4.28. The van der Waals surface area contributed by atoms with Crippen LogP contribution in [0.2, 0.25) is 0 Å². The van der Waals surface area contributed by atoms with Crippen molar-refractivity contribution in [2.24, 2.45) is 0 Å². The third-order valence-corrected chi connectivity index (χ3v) is 3.63. The van der Waals surface area contributed by atoms with E-state index >= 15 is 0 Å². The number of nitro groups is 1. The fourth-order valence-corrected chi connectivity index (χ4v) is 2.20. The van der Waals surface area contributed by atoms with E-state index in [0.717, 1.165) is 0 Å². The van der Waals surface area contributed by atoms with Crippen molar-refractivity contribution < 1.29 is 9.72 Å². The number of nitrogens with zero attached hydrogens (tertiary/aromatic N) is 3. The number of hydrogen-bond acceptors (Lipinski definition) is 5. The summed E-state index contributed by atoms with van der Waals surface area (Å²) < 4.78 is 1.66. The van der Waals surface area contributed by atoms with Crippen LogP contribution < -0.4 is 5.56 Å². The molecule has 0 bridgehead atoms. The lowest BCUT2D eigenvalue weighted by Crippen LogP contribution is -2.28. The van der Waals surface area contributed by atoms with Crippen molar-refractivity contribution in [3.8, 4) is 0 Å². The van der Waals surface area contributed by atoms with Crippen molar-refractivity contribution in [1.29, 1.82) is 0 Å². The zero-order valence-corrected chi connectivity index (χ0v) is 13.1. The normalized spacial score (nSPS) is 10.4. The molecule has 0 saturated heterocycles. The molecule has 0 aliphatic rings. The average molecular weight is 399 g/mol. The van der Waals surface area contributed by atoms with Gasteiger partial charge in [0.25, 0.3) is 11.2 Å². The summed E-state index contributed by atoms with van der Waals surface area (Å²) in [6.07, 6.45) is 1.44. The summed E-state index contributed by atoms with van der Waals surface area (Å²) in [6, 6.07) is 5.43. The van der Waals surface area contributed by atoms with E-state index in [0.29, 0.717) is 9.39 Å². The Kier molecular flexibility index (Phi) is 4.46. The molecule has 2 rings (SSSR count). The Hall–Kier alpha value is -2.10. The van der Waals surface area contributed by atoms with Crippen LogP contribution in [-0.2, 0) is 6.54 Å². The van der Waals surface area contributed by atoms with Crippen LogP contribution in [0.4, 0.5) is 5.69 Å². The average Bonchev–Trinajstić information content (AvgIpc) is 2.47. The van der Waals surface area contributed by atoms with Gasteiger partial charge >= 0.3 is 0 Å². The lowest BCUT2D eigenvalue weighted by molar-refractivity contribution is -0.384. The molecule has 0 aliphatic heterocycles. The number of hydrogen-bond donors (Lipinski definition) is 0. The summed E-state index contributed by atoms with van der Waals surface area (Å²) in [5.41, 5.74) is -0.276. The van der Waals surface area contributed by atoms with E-state index in [4.69, 9.17) is 0 Å². The number of carbonyl (C=O) groups is 1. The van der Waals surface area contributed by atoms with Gasteiger partial charge in [-0.2, -0.15) is 0 Å². The highest BCUT2D eigenvalue weighted by atomic mass is 127. The second-order valence-corrected chi connectivity index (χ2v) is 5.44. The summed E-state index contributed by atoms with van der Waals surface area (Å²) >= 11 is 1.85. The van der Waals surface area contributed by atoms with Gasteiger partial charge in [-0.15, -0.1) is 0 Å². The van der Waals surface area contributed by atoms with E-state index < -0.39 is 4.92 Å². The Morgan fingerprint density at radius 2 is 2.19 bits per heavy atom. The van der Waals surface area contributed by atoms with Crippen LogP contribution in [0.25, 0.3) is 0 Å². The molecule has 0 saturated carbocycles. The van der Waals surface area contributed by atoms with E-state index in [9.17, 15) is 19.7 Å². The molecule has 1 heterocycles. The minimum atomic E-state index is -0.568. The third kappa shape index (κ3) is 3.32. The lowest BCUT2D eigenvalue weighted by atomic mass is 10.1. The first-order chi connectivity index (χ1) is 9.90. The van der Waals surface area contributed by atoms with Gasteiger partial charge < -0.3 is 0 Å². The minimum absolute atomic E-state index is 0.161. The van der Waals surface area contributed by atoms with E-state index in [1.54, 1.807) is 6.92 Å². The molecule has 0 atom stereocenters. The molecule has 108 valence electrons. The molecule has 1 aromatic carbocycles. The molecular formula is C13H10IN3O4. The van der Waals surface area contributed by atoms with Gasteiger partial charge in [-0.3, -0.25) is 24.3 Å². The van der Waals surface area contributed by atoms with E-state index in [1.165, 1.54) is 35.0 Å². The largest absolute Gasteiger partial charge is 0.292 e. The van der Waals surface area contributed by atoms with Crippen LogP contribution in [0, 0.1) is 20.6 Å². The number of rotatable bonds is 4. The lowest BCUT2D eigenvalue weighted by Gasteiger charge is -2.08. The van der Waals surface area contributed by atoms with Gasteiger partial charge in [0.1, 0.15) is 5.82 Å². The highest BCUT2D eigenvalue weighted by Gasteiger charge is 2.14. The molecule has 0 N–H and O–H groups in total. The number of nitro benzene ring substituents is 1. The number of ketones is 1. The fraction of sp³-hybridized carbons (Fsp3) is 0.154. The zero-order chi connectivity index (χ0) is 15.6. The number of benzene rings is 1. The van der Waals surface area contributed by atoms with Gasteiger partial charge in [0, 0.05) is 23.9 Å². The molecule has 0 radical (unpaired) electrons. The molecule has 21 heavy (non-hydrogen) atoms. The quantitative estimate of drug-likeness (QED) is 0.339. The first-order valence-electron chi connectivity index (χ1n) is 5.89. The molecule has 2 aromatic rings. The number of halogens is 1. The monoisotopic (exact) mass is 399 g/mol. The third-order valence-electron chi connectivity index (χ3n) is 2.89. The summed E-state index contributed by atoms with van der Waals surface area (Å²) in [5, 5.41) is 10.7. The zero-order valence-electron chi connectivity index (χ0n) is 10.9. The van der Waals surface area contributed by atoms with Gasteiger partial charge in [0.15, 0.2) is 5.78 Å². The van der Waals surface area contributed by atoms with E-state index in [-0.39, 0.29) is 29.1 Å². The molecule has 0 aliphatic carbocycles. The maximum Gasteiger partial charge on any atom is 0.270 e. The van der Waals surface area contributed by atoms with Crippen LogP contribution in [0.1, 0.15) is 16.2 Å². The van der Waals surface area contributed by atoms with Crippen molar-refractivity contribution >= 4 is 34.1 Å². The number of carbonyl (C=O) groups excluding carboxylic acids is 1. The first kappa shape index (κ1) is 15.3. The van der Waals surface area contributed by atoms with Crippen LogP contribution in [0.15, 0.2) is 35.3 Å². The first-order valence-corrected chi connectivity index (χ1v) is 6.97. The van der Waals surface area contributed by atoms with Crippen molar-refractivity contribution in [1.82, 2.24) is 9.55 Å². The smallest absolute Gasteiger partial charge is 0.270 e. The Morgan fingerprint density at radius 1 is 1.48 bits per heavy atom. The van der Waals surface area contributed by atoms with Crippen molar-refractivity contribution in [3.63, 3.8) is 0 Å². The van der Waals surface area contributed by atoms with Gasteiger partial charge in [-0.1, -0.05) is 12.1 Å². The molecule has 7 nitrogen and oxygen atoms in total. The molecular weight excluding hydrogens is 389 g/mol. The minimum Gasteiger partial charge on any atom is -0.292 e. The van der Waals surface area contributed by atoms with E-state index in [2.05, 4.69) is 4.98 Å². The number of Topliss-reactive ketones (excluding diaryl/α,β-unsaturated/α-hetero) is 1. The van der Waals surface area contributed by atoms with E-state index in [1.807, 2.05) is 22.6 Å². The van der Waals surface area contributed by atoms with Gasteiger partial charge in [-0.05, 0) is 29.5 Å². The maximum atomic E-state index is 12.2. The molecule has 1 aromatic heterocycles. The van der Waals surface area contributed by atoms with Crippen LogP contribution in [0.3, 0.4) is 0 Å². The second kappa shape index (κ2) is 6.12. The maximum absolute atomic E-state index is 12.2. The topological polar surface area (TPSA) is 95.1 Å². The van der Waals surface area contributed by atoms with Gasteiger partial charge in [-0.25, -0.2) is 4.98 Å². The SMILES string of the molecule is Cc1ncc(I)c(=O)n1CC(=O)c1cccc([N+](=O)[O-])c1. The Balaban J connectivity index is 2.35. The Labute approximate surface area is 132 Å². The van der Waals surface area contributed by atoms with Crippen molar-refractivity contribution in [2.75, 3.05) is 0 Å². The summed E-state index contributed by atoms with van der Waals surface area (Å²) in [7, 11) is 0. The van der Waals surface area contributed by atoms with Gasteiger partial charge in [0.05, 0.1) is 15.0 Å². The summed E-state index contributed by atoms with van der Waals surface area (Å²) in [4.78, 5) is 38.4. The van der Waals surface area contributed by atoms with Crippen LogP contribution in [0.5, 0.6) is 0 Å². The van der Waals surface area contributed by atoms with Crippen LogP contribution >= 0.6 is 22.6 Å². The Morgan fingerprint density at radius 3 is 2.86 bits per heavy atom. The number of aromatic nitrogens is 2. The van der Waals surface area contributed by atoms with Crippen molar-refractivity contribution in [3.05, 3.63) is 65.9 Å². The summed E-state index contributed by atoms with van der Waals surface area (Å²) in [6.45, 7) is 1.42. The fourth-order valence-electron chi connectivity index (χ4n) is 1.76. The molecule has 0 fully saturated rings. The van der Waals surface area contributed by atoms with Crippen molar-refractivity contribution in [2.45, 2.75) is 13.5 Å². The number of non-ortho nitro benzene ring substituents is 1. The molecule has 0 unspecified atom stereocenters. The molecule has 0 amide bonds. The van der Waals surface area contributed by atoms with Gasteiger partial charge in [0.2, 0.25) is 0 Å². The molecule has 8 heteroatoms. The number of aryl methyl sites for hydroxylation is 1. The predicted octanol–water partition coefficient (Wildman–Crippen LogP) is 1.95. The highest BCUT2D eigenvalue weighted by molar-refractivity contribution is 14.1. The molecule has 0 spiro atoms. The Bertz CT molecular complexity index is 785.